The Morgan fingerprint density at radius 2 is 1.95 bits per heavy atom. The summed E-state index contributed by atoms with van der Waals surface area (Å²) in [7, 11) is 0. The average Bonchev–Trinajstić information content (AvgIpc) is 2.52. The monoisotopic (exact) mass is 317 g/mol. The minimum atomic E-state index is -0.545. The Bertz CT molecular complexity index is 628. The summed E-state index contributed by atoms with van der Waals surface area (Å²) in [6.07, 6.45) is 0.260. The zero-order chi connectivity index (χ0) is 15.9. The average molecular weight is 318 g/mol. The first-order valence-corrected chi connectivity index (χ1v) is 7.68. The van der Waals surface area contributed by atoms with Crippen molar-refractivity contribution in [3.8, 4) is 5.75 Å². The van der Waals surface area contributed by atoms with Crippen molar-refractivity contribution in [3.63, 3.8) is 0 Å². The highest BCUT2D eigenvalue weighted by molar-refractivity contribution is 6.31. The van der Waals surface area contributed by atoms with Crippen LogP contribution in [-0.2, 0) is 11.2 Å². The molecular weight excluding hydrogens is 298 g/mol. The van der Waals surface area contributed by atoms with Crippen LogP contribution in [0.3, 0.4) is 0 Å². The summed E-state index contributed by atoms with van der Waals surface area (Å²) in [4.78, 5) is 12.0. The number of rotatable bonds is 6. The van der Waals surface area contributed by atoms with E-state index in [1.54, 1.807) is 19.1 Å². The first kappa shape index (κ1) is 16.4. The number of halogens is 1. The van der Waals surface area contributed by atoms with Crippen LogP contribution in [0.1, 0.15) is 18.1 Å². The van der Waals surface area contributed by atoms with Crippen molar-refractivity contribution in [1.82, 2.24) is 5.32 Å². The largest absolute Gasteiger partial charge is 0.481 e. The zero-order valence-corrected chi connectivity index (χ0v) is 13.6. The summed E-state index contributed by atoms with van der Waals surface area (Å²) in [5.41, 5.74) is 2.13. The van der Waals surface area contributed by atoms with E-state index in [4.69, 9.17) is 16.3 Å². The van der Waals surface area contributed by atoms with Gasteiger partial charge in [-0.2, -0.15) is 0 Å². The van der Waals surface area contributed by atoms with Gasteiger partial charge in [0.25, 0.3) is 5.91 Å². The van der Waals surface area contributed by atoms with Gasteiger partial charge in [0, 0.05) is 11.6 Å². The lowest BCUT2D eigenvalue weighted by Gasteiger charge is -2.15. The quantitative estimate of drug-likeness (QED) is 0.880. The van der Waals surface area contributed by atoms with E-state index in [1.165, 1.54) is 5.56 Å². The van der Waals surface area contributed by atoms with Gasteiger partial charge >= 0.3 is 0 Å². The third-order valence-corrected chi connectivity index (χ3v) is 3.79. The molecule has 2 aromatic carbocycles. The molecule has 0 aliphatic rings. The number of amides is 1. The number of hydrogen-bond donors (Lipinski definition) is 1. The first-order chi connectivity index (χ1) is 10.6. The Morgan fingerprint density at radius 3 is 2.64 bits per heavy atom. The molecule has 0 saturated heterocycles. The van der Waals surface area contributed by atoms with Crippen molar-refractivity contribution in [2.75, 3.05) is 6.54 Å². The molecule has 0 saturated carbocycles. The molecule has 1 unspecified atom stereocenters. The van der Waals surface area contributed by atoms with Crippen LogP contribution in [0.5, 0.6) is 5.75 Å². The van der Waals surface area contributed by atoms with Crippen LogP contribution in [-0.4, -0.2) is 18.6 Å². The van der Waals surface area contributed by atoms with Gasteiger partial charge in [0.15, 0.2) is 6.10 Å². The van der Waals surface area contributed by atoms with Gasteiger partial charge in [-0.3, -0.25) is 4.79 Å². The Hall–Kier alpha value is -2.00. The van der Waals surface area contributed by atoms with E-state index in [0.29, 0.717) is 17.3 Å². The molecule has 0 aromatic heterocycles. The summed E-state index contributed by atoms with van der Waals surface area (Å²) >= 11 is 5.97. The van der Waals surface area contributed by atoms with Gasteiger partial charge in [0.05, 0.1) is 0 Å². The molecule has 0 aliphatic heterocycles. The second-order valence-corrected chi connectivity index (χ2v) is 5.60. The number of carbonyl (C=O) groups is 1. The van der Waals surface area contributed by atoms with Crippen LogP contribution in [0, 0.1) is 6.92 Å². The maximum absolute atomic E-state index is 12.0. The minimum absolute atomic E-state index is 0.122. The summed E-state index contributed by atoms with van der Waals surface area (Å²) in [5.74, 6) is 0.524. The van der Waals surface area contributed by atoms with Crippen LogP contribution < -0.4 is 10.1 Å². The minimum Gasteiger partial charge on any atom is -0.481 e. The number of aryl methyl sites for hydroxylation is 1. The Labute approximate surface area is 136 Å². The summed E-state index contributed by atoms with van der Waals surface area (Å²) < 4.78 is 5.64. The molecule has 2 rings (SSSR count). The lowest BCUT2D eigenvalue weighted by molar-refractivity contribution is -0.127. The molecule has 116 valence electrons. The fourth-order valence-corrected chi connectivity index (χ4v) is 2.18. The second kappa shape index (κ2) is 7.85. The van der Waals surface area contributed by atoms with Crippen molar-refractivity contribution < 1.29 is 9.53 Å². The van der Waals surface area contributed by atoms with Gasteiger partial charge in [-0.05, 0) is 49.6 Å². The SMILES string of the molecule is Cc1cc(OC(C)C(=O)NCCc2ccccc2)ccc1Cl. The normalized spacial score (nSPS) is 11.8. The molecular formula is C18H20ClNO2. The number of ether oxygens (including phenoxy) is 1. The van der Waals surface area contributed by atoms with Gasteiger partial charge in [0.1, 0.15) is 5.75 Å². The maximum atomic E-state index is 12.0. The van der Waals surface area contributed by atoms with Crippen molar-refractivity contribution in [3.05, 3.63) is 64.7 Å². The molecule has 0 aliphatic carbocycles. The second-order valence-electron chi connectivity index (χ2n) is 5.20. The summed E-state index contributed by atoms with van der Waals surface area (Å²) in [5, 5.41) is 3.57. The molecule has 0 bridgehead atoms. The van der Waals surface area contributed by atoms with E-state index in [9.17, 15) is 4.79 Å². The molecule has 0 radical (unpaired) electrons. The number of nitrogens with one attached hydrogen (secondary N) is 1. The molecule has 1 N–H and O–H groups in total. The van der Waals surface area contributed by atoms with Crippen molar-refractivity contribution in [2.24, 2.45) is 0 Å². The van der Waals surface area contributed by atoms with Crippen LogP contribution in [0.2, 0.25) is 5.02 Å². The molecule has 1 atom stereocenters. The lowest BCUT2D eigenvalue weighted by atomic mass is 10.1. The topological polar surface area (TPSA) is 38.3 Å². The molecule has 0 spiro atoms. The Balaban J connectivity index is 1.80. The number of hydrogen-bond acceptors (Lipinski definition) is 2. The fourth-order valence-electron chi connectivity index (χ4n) is 2.07. The lowest BCUT2D eigenvalue weighted by Crippen LogP contribution is -2.37. The predicted molar refractivity (Wildman–Crippen MR) is 89.4 cm³/mol. The van der Waals surface area contributed by atoms with Crippen LogP contribution >= 0.6 is 11.6 Å². The van der Waals surface area contributed by atoms with E-state index in [-0.39, 0.29) is 5.91 Å². The highest BCUT2D eigenvalue weighted by Crippen LogP contribution is 2.21. The molecule has 22 heavy (non-hydrogen) atoms. The summed E-state index contributed by atoms with van der Waals surface area (Å²) in [6.45, 7) is 4.23. The van der Waals surface area contributed by atoms with E-state index < -0.39 is 6.10 Å². The molecule has 2 aromatic rings. The molecule has 1 amide bonds. The van der Waals surface area contributed by atoms with Gasteiger partial charge in [0.2, 0.25) is 0 Å². The fraction of sp³-hybridized carbons (Fsp3) is 0.278. The smallest absolute Gasteiger partial charge is 0.260 e. The van der Waals surface area contributed by atoms with Gasteiger partial charge in [-0.15, -0.1) is 0 Å². The Morgan fingerprint density at radius 1 is 1.23 bits per heavy atom. The van der Waals surface area contributed by atoms with E-state index in [2.05, 4.69) is 5.32 Å². The highest BCUT2D eigenvalue weighted by atomic mass is 35.5. The molecule has 3 nitrogen and oxygen atoms in total. The van der Waals surface area contributed by atoms with Crippen molar-refractivity contribution in [1.29, 1.82) is 0 Å². The summed E-state index contributed by atoms with van der Waals surface area (Å²) in [6, 6.07) is 15.4. The first-order valence-electron chi connectivity index (χ1n) is 7.30. The van der Waals surface area contributed by atoms with Crippen LogP contribution in [0.15, 0.2) is 48.5 Å². The number of benzene rings is 2. The van der Waals surface area contributed by atoms with Gasteiger partial charge in [-0.25, -0.2) is 0 Å². The maximum Gasteiger partial charge on any atom is 0.260 e. The van der Waals surface area contributed by atoms with E-state index in [0.717, 1.165) is 12.0 Å². The number of carbonyl (C=O) groups excluding carboxylic acids is 1. The third kappa shape index (κ3) is 4.78. The van der Waals surface area contributed by atoms with Gasteiger partial charge in [-0.1, -0.05) is 41.9 Å². The molecule has 0 fully saturated rings. The Kier molecular flexibility index (Phi) is 5.84. The van der Waals surface area contributed by atoms with Crippen molar-refractivity contribution in [2.45, 2.75) is 26.4 Å². The van der Waals surface area contributed by atoms with E-state index in [1.807, 2.05) is 43.3 Å². The van der Waals surface area contributed by atoms with Crippen molar-refractivity contribution >= 4 is 17.5 Å². The predicted octanol–water partition coefficient (Wildman–Crippen LogP) is 3.77. The molecule has 0 heterocycles. The third-order valence-electron chi connectivity index (χ3n) is 3.37. The standard InChI is InChI=1S/C18H20ClNO2/c1-13-12-16(8-9-17(13)19)22-14(2)18(21)20-11-10-15-6-4-3-5-7-15/h3-9,12,14H,10-11H2,1-2H3,(H,20,21). The highest BCUT2D eigenvalue weighted by Gasteiger charge is 2.14. The molecule has 4 heteroatoms. The van der Waals surface area contributed by atoms with Gasteiger partial charge < -0.3 is 10.1 Å². The zero-order valence-electron chi connectivity index (χ0n) is 12.8. The van der Waals surface area contributed by atoms with E-state index >= 15 is 0 Å². The van der Waals surface area contributed by atoms with Crippen LogP contribution in [0.25, 0.3) is 0 Å². The van der Waals surface area contributed by atoms with Crippen LogP contribution in [0.4, 0.5) is 0 Å².